The van der Waals surface area contributed by atoms with Crippen molar-refractivity contribution in [2.45, 2.75) is 6.92 Å². The zero-order valence-corrected chi connectivity index (χ0v) is 13.9. The number of hydrogen-bond donors (Lipinski definition) is 5. The average molecular weight is 365 g/mol. The first-order valence-corrected chi connectivity index (χ1v) is 7.91. The summed E-state index contributed by atoms with van der Waals surface area (Å²) in [6.07, 6.45) is 0. The van der Waals surface area contributed by atoms with Gasteiger partial charge in [-0.15, -0.1) is 0 Å². The zero-order valence-electron chi connectivity index (χ0n) is 13.9. The van der Waals surface area contributed by atoms with Crippen LogP contribution in [0.25, 0.3) is 32.3 Å². The van der Waals surface area contributed by atoms with Gasteiger partial charge in [-0.2, -0.15) is 0 Å². The third-order valence-electron chi connectivity index (χ3n) is 4.77. The monoisotopic (exact) mass is 365 g/mol. The van der Waals surface area contributed by atoms with E-state index < -0.39 is 29.0 Å². The molecular weight excluding hydrogens is 352 g/mol. The molecule has 0 fully saturated rings. The molecule has 27 heavy (non-hydrogen) atoms. The molecule has 0 amide bonds. The molecule has 0 bridgehead atoms. The Balaban J connectivity index is 2.27. The molecule has 7 nitrogen and oxygen atoms in total. The van der Waals surface area contributed by atoms with E-state index in [0.29, 0.717) is 10.8 Å². The Kier molecular flexibility index (Phi) is 3.26. The first kappa shape index (κ1) is 16.6. The second-order valence-corrected chi connectivity index (χ2v) is 6.39. The summed E-state index contributed by atoms with van der Waals surface area (Å²) in [5.41, 5.74) is -0.246. The average Bonchev–Trinajstić information content (AvgIpc) is 2.52. The summed E-state index contributed by atoms with van der Waals surface area (Å²) < 4.78 is 0. The van der Waals surface area contributed by atoms with Gasteiger partial charge in [0.1, 0.15) is 28.6 Å². The maximum Gasteiger partial charge on any atom is 0.339 e. The van der Waals surface area contributed by atoms with Crippen LogP contribution in [0.2, 0.25) is 0 Å². The first-order valence-electron chi connectivity index (χ1n) is 7.91. The van der Waals surface area contributed by atoms with E-state index in [1.807, 2.05) is 0 Å². The molecule has 0 spiro atoms. The zero-order chi connectivity index (χ0) is 19.6. The summed E-state index contributed by atoms with van der Waals surface area (Å²) in [6.45, 7) is 1.43. The van der Waals surface area contributed by atoms with Crippen LogP contribution in [-0.4, -0.2) is 31.5 Å². The van der Waals surface area contributed by atoms with Crippen molar-refractivity contribution >= 4 is 38.3 Å². The number of fused-ring (bicyclic) bond motifs is 3. The van der Waals surface area contributed by atoms with Crippen LogP contribution in [0.3, 0.4) is 0 Å². The van der Waals surface area contributed by atoms with Crippen LogP contribution < -0.4 is 5.11 Å². The maximum atomic E-state index is 12.9. The smallest absolute Gasteiger partial charge is 0.339 e. The van der Waals surface area contributed by atoms with E-state index in [-0.39, 0.29) is 38.4 Å². The number of carboxylic acids is 1. The highest BCUT2D eigenvalue weighted by molar-refractivity contribution is 6.17. The first-order chi connectivity index (χ1) is 12.7. The van der Waals surface area contributed by atoms with Crippen LogP contribution in [-0.2, 0) is 0 Å². The van der Waals surface area contributed by atoms with Crippen LogP contribution in [0.4, 0.5) is 0 Å². The van der Waals surface area contributed by atoms with Gasteiger partial charge in [0, 0.05) is 22.2 Å². The van der Waals surface area contributed by atoms with Crippen LogP contribution in [0.5, 0.6) is 28.7 Å². The number of phenolic OH excluding ortho intramolecular Hbond substituents is 3. The van der Waals surface area contributed by atoms with E-state index in [1.165, 1.54) is 31.2 Å². The molecule has 0 saturated heterocycles. The number of carbonyl (C=O) groups is 1. The minimum Gasteiger partial charge on any atom is -0.871 e. The lowest BCUT2D eigenvalue weighted by Crippen LogP contribution is -2.01. The lowest BCUT2D eigenvalue weighted by molar-refractivity contribution is -0.263. The predicted molar refractivity (Wildman–Crippen MR) is 96.8 cm³/mol. The van der Waals surface area contributed by atoms with Crippen LogP contribution in [0, 0.1) is 6.92 Å². The number of hydrogen-bond acceptors (Lipinski definition) is 6. The van der Waals surface area contributed by atoms with Crippen LogP contribution in [0.1, 0.15) is 15.9 Å². The molecule has 0 aliphatic heterocycles. The van der Waals surface area contributed by atoms with E-state index in [2.05, 4.69) is 0 Å². The van der Waals surface area contributed by atoms with Gasteiger partial charge in [-0.3, -0.25) is 0 Å². The molecule has 0 aliphatic rings. The Morgan fingerprint density at radius 2 is 1.41 bits per heavy atom. The van der Waals surface area contributed by atoms with Gasteiger partial charge < -0.3 is 30.6 Å². The third kappa shape index (κ3) is 2.18. The Labute approximate surface area is 151 Å². The molecule has 5 N–H and O–H groups in total. The van der Waals surface area contributed by atoms with E-state index in [0.717, 1.165) is 6.07 Å². The van der Waals surface area contributed by atoms with Gasteiger partial charge in [0.2, 0.25) is 0 Å². The predicted octanol–water partition coefficient (Wildman–Crippen LogP) is 3.05. The van der Waals surface area contributed by atoms with Gasteiger partial charge in [0.25, 0.3) is 0 Å². The van der Waals surface area contributed by atoms with Crippen LogP contribution >= 0.6 is 0 Å². The number of carboxylic acid groups (broad SMARTS) is 1. The van der Waals surface area contributed by atoms with E-state index >= 15 is 0 Å². The molecule has 136 valence electrons. The van der Waals surface area contributed by atoms with Crippen LogP contribution in [0.15, 0.2) is 30.3 Å². The van der Waals surface area contributed by atoms with E-state index in [9.17, 15) is 35.4 Å². The van der Waals surface area contributed by atoms with Crippen molar-refractivity contribution in [1.29, 1.82) is 0 Å². The number of phenols is 4. The largest absolute Gasteiger partial charge is 0.871 e. The Bertz CT molecular complexity index is 1310. The fourth-order valence-electron chi connectivity index (χ4n) is 3.66. The minimum atomic E-state index is -1.36. The number of aromatic carboxylic acids is 1. The number of aryl methyl sites for hydroxylation is 1. The standard InChI is InChI=1S/C20H14O7/c1-7-14-10(5-12(22)15(7)20(26)27)3-8-2-9-4-11(21)6-13(23)16(9)19(25)17(8)18(14)24/h2-6,21-25H,1H3,(H,26,27)/p-1. The number of benzene rings is 4. The number of aromatic hydroxyl groups is 4. The van der Waals surface area contributed by atoms with Gasteiger partial charge in [-0.05, 0) is 52.9 Å². The molecule has 4 aromatic rings. The van der Waals surface area contributed by atoms with Crippen molar-refractivity contribution in [3.8, 4) is 28.7 Å². The molecule has 7 heteroatoms. The lowest BCUT2D eigenvalue weighted by Gasteiger charge is -2.20. The fourth-order valence-corrected chi connectivity index (χ4v) is 3.66. The topological polar surface area (TPSA) is 141 Å². The molecule has 4 rings (SSSR count). The summed E-state index contributed by atoms with van der Waals surface area (Å²) in [5.74, 6) is -3.54. The molecule has 0 heterocycles. The van der Waals surface area contributed by atoms with Gasteiger partial charge in [0.05, 0.1) is 0 Å². The van der Waals surface area contributed by atoms with Crippen molar-refractivity contribution in [3.63, 3.8) is 0 Å². The van der Waals surface area contributed by atoms with Gasteiger partial charge in [0.15, 0.2) is 0 Å². The molecular formula is C20H13O7-. The molecule has 0 radical (unpaired) electrons. The Morgan fingerprint density at radius 3 is 2.04 bits per heavy atom. The van der Waals surface area contributed by atoms with Gasteiger partial charge >= 0.3 is 5.97 Å². The summed E-state index contributed by atoms with van der Waals surface area (Å²) >= 11 is 0. The van der Waals surface area contributed by atoms with E-state index in [4.69, 9.17) is 0 Å². The van der Waals surface area contributed by atoms with Crippen molar-refractivity contribution in [1.82, 2.24) is 0 Å². The highest BCUT2D eigenvalue weighted by Gasteiger charge is 2.20. The second-order valence-electron chi connectivity index (χ2n) is 6.39. The quantitative estimate of drug-likeness (QED) is 0.326. The summed E-state index contributed by atoms with van der Waals surface area (Å²) in [5, 5.41) is 63.7. The molecule has 0 aromatic heterocycles. The SMILES string of the molecule is Cc1c(C(=O)O)c(O)cc2cc3cc4cc(O)cc(O)c4c([O-])c3c(O)c12. The molecule has 0 unspecified atom stereocenters. The Hall–Kier alpha value is -3.87. The van der Waals surface area contributed by atoms with Crippen molar-refractivity contribution < 1.29 is 35.4 Å². The van der Waals surface area contributed by atoms with Crippen molar-refractivity contribution in [2.75, 3.05) is 0 Å². The second kappa shape index (κ2) is 5.31. The Morgan fingerprint density at radius 1 is 0.815 bits per heavy atom. The summed E-state index contributed by atoms with van der Waals surface area (Å²) in [6, 6.07) is 6.60. The maximum absolute atomic E-state index is 12.9. The normalized spacial score (nSPS) is 11.4. The van der Waals surface area contributed by atoms with Gasteiger partial charge in [-0.1, -0.05) is 5.75 Å². The van der Waals surface area contributed by atoms with Crippen molar-refractivity contribution in [2.24, 2.45) is 0 Å². The molecule has 0 aliphatic carbocycles. The summed E-state index contributed by atoms with van der Waals surface area (Å²) in [7, 11) is 0. The highest BCUT2D eigenvalue weighted by atomic mass is 16.4. The molecule has 4 aromatic carbocycles. The van der Waals surface area contributed by atoms with E-state index in [1.54, 1.807) is 0 Å². The lowest BCUT2D eigenvalue weighted by atomic mass is 9.92. The third-order valence-corrected chi connectivity index (χ3v) is 4.77. The number of rotatable bonds is 1. The van der Waals surface area contributed by atoms with Crippen molar-refractivity contribution in [3.05, 3.63) is 41.5 Å². The minimum absolute atomic E-state index is 0.0650. The fraction of sp³-hybridized carbons (Fsp3) is 0.0500. The van der Waals surface area contributed by atoms with Gasteiger partial charge in [-0.25, -0.2) is 4.79 Å². The molecule has 0 atom stereocenters. The summed E-state index contributed by atoms with van der Waals surface area (Å²) in [4.78, 5) is 11.4. The molecule has 0 saturated carbocycles. The highest BCUT2D eigenvalue weighted by Crippen LogP contribution is 2.47.